The van der Waals surface area contributed by atoms with Crippen LogP contribution in [0.1, 0.15) is 42.9 Å². The number of hydrogen-bond acceptors (Lipinski definition) is 4. The van der Waals surface area contributed by atoms with Crippen molar-refractivity contribution in [3.05, 3.63) is 53.1 Å². The van der Waals surface area contributed by atoms with Gasteiger partial charge < -0.3 is 10.2 Å². The van der Waals surface area contributed by atoms with Gasteiger partial charge >= 0.3 is 0 Å². The second-order valence-corrected chi connectivity index (χ2v) is 10.8. The summed E-state index contributed by atoms with van der Waals surface area (Å²) in [6, 6.07) is 10.7. The number of nitrogens with zero attached hydrogens (tertiary/aromatic N) is 1. The van der Waals surface area contributed by atoms with E-state index in [9.17, 15) is 18.0 Å². The molecule has 0 saturated heterocycles. The summed E-state index contributed by atoms with van der Waals surface area (Å²) in [6.45, 7) is 5.80. The first-order valence-electron chi connectivity index (χ1n) is 10.7. The summed E-state index contributed by atoms with van der Waals surface area (Å²) >= 11 is 0. The number of amides is 2. The number of para-hydroxylation sites is 1. The number of carbonyl (C=O) groups excluding carboxylic acids is 2. The molecule has 1 N–H and O–H groups in total. The van der Waals surface area contributed by atoms with E-state index in [0.29, 0.717) is 6.42 Å². The van der Waals surface area contributed by atoms with Gasteiger partial charge in [0, 0.05) is 29.8 Å². The Kier molecular flexibility index (Phi) is 5.64. The predicted molar refractivity (Wildman–Crippen MR) is 121 cm³/mol. The Labute approximate surface area is 183 Å². The fraction of sp³-hybridized carbons (Fsp3) is 0.417. The van der Waals surface area contributed by atoms with Crippen LogP contribution in [0.5, 0.6) is 0 Å². The highest BCUT2D eigenvalue weighted by atomic mass is 32.2. The van der Waals surface area contributed by atoms with Gasteiger partial charge in [-0.05, 0) is 74.9 Å². The van der Waals surface area contributed by atoms with E-state index in [-0.39, 0.29) is 40.8 Å². The molecule has 164 valence electrons. The van der Waals surface area contributed by atoms with E-state index in [2.05, 4.69) is 5.32 Å². The minimum atomic E-state index is -3.61. The van der Waals surface area contributed by atoms with Gasteiger partial charge in [0.2, 0.25) is 11.8 Å². The van der Waals surface area contributed by atoms with E-state index in [1.165, 1.54) is 0 Å². The third kappa shape index (κ3) is 4.37. The van der Waals surface area contributed by atoms with Crippen LogP contribution in [-0.4, -0.2) is 32.0 Å². The average Bonchev–Trinajstić information content (AvgIpc) is 3.51. The molecule has 0 unspecified atom stereocenters. The number of nitrogens with one attached hydrogen (secondary N) is 1. The van der Waals surface area contributed by atoms with Crippen molar-refractivity contribution in [2.75, 3.05) is 16.0 Å². The molecule has 2 aromatic rings. The van der Waals surface area contributed by atoms with Crippen LogP contribution in [0.2, 0.25) is 0 Å². The van der Waals surface area contributed by atoms with Crippen LogP contribution in [0.4, 0.5) is 11.4 Å². The molecule has 1 aliphatic heterocycles. The molecular weight excluding hydrogens is 412 g/mol. The molecule has 2 amide bonds. The van der Waals surface area contributed by atoms with Gasteiger partial charge in [-0.3, -0.25) is 9.59 Å². The minimum Gasteiger partial charge on any atom is -0.326 e. The Balaban J connectivity index is 1.45. The lowest BCUT2D eigenvalue weighted by atomic mass is 10.1. The molecular formula is C24H28N2O4S. The number of hydrogen-bond donors (Lipinski definition) is 1. The molecule has 6 nitrogen and oxygen atoms in total. The van der Waals surface area contributed by atoms with Crippen molar-refractivity contribution < 1.29 is 18.0 Å². The van der Waals surface area contributed by atoms with Gasteiger partial charge in [0.05, 0.1) is 10.6 Å². The van der Waals surface area contributed by atoms with Gasteiger partial charge in [0.25, 0.3) is 0 Å². The molecule has 7 heteroatoms. The van der Waals surface area contributed by atoms with Crippen LogP contribution < -0.4 is 10.2 Å². The van der Waals surface area contributed by atoms with E-state index in [1.54, 1.807) is 18.2 Å². The fourth-order valence-corrected chi connectivity index (χ4v) is 5.51. The SMILES string of the molecule is Cc1cccc(C)c1NC(=O)CCS(=O)(=O)c1ccc2c(c1)C[C@H](C)N2C(=O)C1CC1. The molecule has 1 atom stereocenters. The molecule has 0 radical (unpaired) electrons. The van der Waals surface area contributed by atoms with Crippen molar-refractivity contribution in [1.82, 2.24) is 0 Å². The zero-order valence-electron chi connectivity index (χ0n) is 18.1. The van der Waals surface area contributed by atoms with Gasteiger partial charge in [-0.15, -0.1) is 0 Å². The minimum absolute atomic E-state index is 0.0317. The Morgan fingerprint density at radius 1 is 1.10 bits per heavy atom. The Morgan fingerprint density at radius 2 is 1.77 bits per heavy atom. The normalized spacial score (nSPS) is 18.0. The van der Waals surface area contributed by atoms with Crippen LogP contribution in [0.15, 0.2) is 41.3 Å². The van der Waals surface area contributed by atoms with E-state index in [4.69, 9.17) is 0 Å². The van der Waals surface area contributed by atoms with Crippen molar-refractivity contribution in [2.24, 2.45) is 5.92 Å². The lowest BCUT2D eigenvalue weighted by Crippen LogP contribution is -2.36. The van der Waals surface area contributed by atoms with Crippen molar-refractivity contribution in [2.45, 2.75) is 57.4 Å². The molecule has 2 aliphatic rings. The second-order valence-electron chi connectivity index (χ2n) is 8.71. The Morgan fingerprint density at radius 3 is 2.42 bits per heavy atom. The maximum Gasteiger partial charge on any atom is 0.230 e. The smallest absolute Gasteiger partial charge is 0.230 e. The summed E-state index contributed by atoms with van der Waals surface area (Å²) in [4.78, 5) is 27.0. The Hall–Kier alpha value is -2.67. The number of anilines is 2. The Bertz CT molecular complexity index is 1130. The zero-order valence-corrected chi connectivity index (χ0v) is 19.0. The summed E-state index contributed by atoms with van der Waals surface area (Å²) in [7, 11) is -3.61. The molecule has 0 spiro atoms. The number of fused-ring (bicyclic) bond motifs is 1. The van der Waals surface area contributed by atoms with Crippen LogP contribution in [0.25, 0.3) is 0 Å². The molecule has 2 aromatic carbocycles. The fourth-order valence-electron chi connectivity index (χ4n) is 4.22. The molecule has 1 heterocycles. The summed E-state index contributed by atoms with van der Waals surface area (Å²) in [5.41, 5.74) is 4.30. The monoisotopic (exact) mass is 440 g/mol. The predicted octanol–water partition coefficient (Wildman–Crippen LogP) is 3.79. The third-order valence-corrected chi connectivity index (χ3v) is 7.85. The summed E-state index contributed by atoms with van der Waals surface area (Å²) in [5.74, 6) is -0.322. The van der Waals surface area contributed by atoms with Gasteiger partial charge in [-0.1, -0.05) is 18.2 Å². The first-order chi connectivity index (χ1) is 14.7. The van der Waals surface area contributed by atoms with E-state index >= 15 is 0 Å². The van der Waals surface area contributed by atoms with E-state index in [0.717, 1.165) is 40.9 Å². The number of rotatable bonds is 6. The maximum absolute atomic E-state index is 12.9. The molecule has 1 fully saturated rings. The third-order valence-electron chi connectivity index (χ3n) is 6.13. The molecule has 0 bridgehead atoms. The van der Waals surface area contributed by atoms with Crippen LogP contribution in [0, 0.1) is 19.8 Å². The van der Waals surface area contributed by atoms with Crippen LogP contribution >= 0.6 is 0 Å². The van der Waals surface area contributed by atoms with Gasteiger partial charge in [-0.25, -0.2) is 8.42 Å². The number of sulfone groups is 1. The van der Waals surface area contributed by atoms with E-state index in [1.807, 2.05) is 43.9 Å². The quantitative estimate of drug-likeness (QED) is 0.741. The molecule has 31 heavy (non-hydrogen) atoms. The molecule has 4 rings (SSSR count). The van der Waals surface area contributed by atoms with Crippen molar-refractivity contribution in [3.8, 4) is 0 Å². The zero-order chi connectivity index (χ0) is 22.3. The number of carbonyl (C=O) groups is 2. The van der Waals surface area contributed by atoms with Crippen LogP contribution in [0.3, 0.4) is 0 Å². The summed E-state index contributed by atoms with van der Waals surface area (Å²) in [6.07, 6.45) is 2.40. The van der Waals surface area contributed by atoms with Crippen molar-refractivity contribution >= 4 is 33.0 Å². The van der Waals surface area contributed by atoms with Crippen molar-refractivity contribution in [3.63, 3.8) is 0 Å². The maximum atomic E-state index is 12.9. The molecule has 1 saturated carbocycles. The average molecular weight is 441 g/mol. The summed E-state index contributed by atoms with van der Waals surface area (Å²) in [5, 5.41) is 2.84. The van der Waals surface area contributed by atoms with E-state index < -0.39 is 9.84 Å². The van der Waals surface area contributed by atoms with Gasteiger partial charge in [0.15, 0.2) is 9.84 Å². The standard InChI is InChI=1S/C24H28N2O4S/c1-15-5-4-6-16(2)23(15)25-22(27)11-12-31(29,30)20-9-10-21-19(14-20)13-17(3)26(21)24(28)18-7-8-18/h4-6,9-10,14,17-18H,7-8,11-13H2,1-3H3,(H,25,27)/t17-/m0/s1. The first kappa shape index (κ1) is 21.6. The highest BCUT2D eigenvalue weighted by Crippen LogP contribution is 2.39. The first-order valence-corrected chi connectivity index (χ1v) is 12.4. The number of benzene rings is 2. The topological polar surface area (TPSA) is 83.6 Å². The molecule has 1 aliphatic carbocycles. The summed E-state index contributed by atoms with van der Waals surface area (Å²) < 4.78 is 25.8. The van der Waals surface area contributed by atoms with Crippen LogP contribution in [-0.2, 0) is 25.8 Å². The largest absolute Gasteiger partial charge is 0.326 e. The van der Waals surface area contributed by atoms with Gasteiger partial charge in [-0.2, -0.15) is 0 Å². The second kappa shape index (κ2) is 8.11. The van der Waals surface area contributed by atoms with Gasteiger partial charge in [0.1, 0.15) is 0 Å². The highest BCUT2D eigenvalue weighted by Gasteiger charge is 2.39. The highest BCUT2D eigenvalue weighted by molar-refractivity contribution is 7.91. The lowest BCUT2D eigenvalue weighted by Gasteiger charge is -2.22. The lowest BCUT2D eigenvalue weighted by molar-refractivity contribution is -0.120. The molecule has 0 aromatic heterocycles. The number of aryl methyl sites for hydroxylation is 2. The van der Waals surface area contributed by atoms with Crippen molar-refractivity contribution in [1.29, 1.82) is 0 Å².